The lowest BCUT2D eigenvalue weighted by molar-refractivity contribution is 0.0791. The van der Waals surface area contributed by atoms with Crippen LogP contribution >= 0.6 is 11.6 Å². The van der Waals surface area contributed by atoms with Gasteiger partial charge in [-0.2, -0.15) is 0 Å². The van der Waals surface area contributed by atoms with E-state index in [4.69, 9.17) is 16.3 Å². The van der Waals surface area contributed by atoms with Crippen molar-refractivity contribution in [2.75, 3.05) is 30.2 Å². The van der Waals surface area contributed by atoms with E-state index >= 15 is 0 Å². The highest BCUT2D eigenvalue weighted by Crippen LogP contribution is 2.30. The number of benzene rings is 3. The first kappa shape index (κ1) is 22.9. The summed E-state index contributed by atoms with van der Waals surface area (Å²) in [4.78, 5) is 14.8. The predicted molar refractivity (Wildman–Crippen MR) is 130 cm³/mol. The van der Waals surface area contributed by atoms with E-state index in [0.29, 0.717) is 29.4 Å². The first-order valence-corrected chi connectivity index (χ1v) is 12.3. The van der Waals surface area contributed by atoms with Crippen LogP contribution in [0.4, 0.5) is 11.4 Å². The Kier molecular flexibility index (Phi) is 6.76. The number of carbonyl (C=O) groups excluding carboxylic acids is 1. The summed E-state index contributed by atoms with van der Waals surface area (Å²) in [6, 6.07) is 20.7. The third kappa shape index (κ3) is 5.40. The van der Waals surface area contributed by atoms with E-state index in [0.717, 1.165) is 12.1 Å². The molecule has 1 saturated heterocycles. The third-order valence-electron chi connectivity index (χ3n) is 5.42. The molecule has 9 heteroatoms. The Balaban J connectivity index is 1.48. The van der Waals surface area contributed by atoms with Gasteiger partial charge in [0.15, 0.2) is 0 Å². The van der Waals surface area contributed by atoms with Gasteiger partial charge >= 0.3 is 0 Å². The average molecular weight is 486 g/mol. The van der Waals surface area contributed by atoms with Crippen molar-refractivity contribution in [1.29, 1.82) is 0 Å². The minimum absolute atomic E-state index is 0.0199. The van der Waals surface area contributed by atoms with E-state index in [1.54, 1.807) is 29.2 Å². The second-order valence-corrected chi connectivity index (χ2v) is 9.84. The standard InChI is InChI=1S/C24H24ClN3O4S/c1-32-23-11-10-18(25)15-22(23)27-33(30,31)21-9-5-6-17(14-21)24(29)28-13-12-20(16-28)26-19-7-3-2-4-8-19/h2-11,14-15,20,26-27H,12-13,16H2,1H3. The van der Waals surface area contributed by atoms with Crippen LogP contribution in [0.25, 0.3) is 0 Å². The van der Waals surface area contributed by atoms with E-state index < -0.39 is 10.0 Å². The van der Waals surface area contributed by atoms with Gasteiger partial charge in [-0.3, -0.25) is 9.52 Å². The summed E-state index contributed by atoms with van der Waals surface area (Å²) in [5.41, 5.74) is 1.54. The number of likely N-dealkylation sites (tertiary alicyclic amines) is 1. The number of nitrogens with one attached hydrogen (secondary N) is 2. The van der Waals surface area contributed by atoms with Crippen molar-refractivity contribution in [1.82, 2.24) is 4.90 Å². The predicted octanol–water partition coefficient (Wildman–Crippen LogP) is 4.48. The zero-order valence-corrected chi connectivity index (χ0v) is 19.6. The highest BCUT2D eigenvalue weighted by Gasteiger charge is 2.28. The van der Waals surface area contributed by atoms with Crippen molar-refractivity contribution in [2.24, 2.45) is 0 Å². The van der Waals surface area contributed by atoms with Gasteiger partial charge in [-0.05, 0) is 55.0 Å². The second-order valence-electron chi connectivity index (χ2n) is 7.73. The molecule has 4 rings (SSSR count). The molecule has 1 atom stereocenters. The number of rotatable bonds is 7. The van der Waals surface area contributed by atoms with E-state index in [2.05, 4.69) is 10.0 Å². The molecule has 0 aliphatic carbocycles. The Hall–Kier alpha value is -3.23. The van der Waals surface area contributed by atoms with Crippen LogP contribution in [-0.4, -0.2) is 45.5 Å². The number of hydrogen-bond donors (Lipinski definition) is 2. The molecule has 2 N–H and O–H groups in total. The fraction of sp³-hybridized carbons (Fsp3) is 0.208. The van der Waals surface area contributed by atoms with Crippen LogP contribution in [0.15, 0.2) is 77.7 Å². The van der Waals surface area contributed by atoms with Crippen molar-refractivity contribution in [3.63, 3.8) is 0 Å². The molecule has 1 fully saturated rings. The number of halogens is 1. The van der Waals surface area contributed by atoms with Crippen molar-refractivity contribution >= 4 is 38.9 Å². The Labute approximate surface area is 198 Å². The molecule has 0 bridgehead atoms. The average Bonchev–Trinajstić information content (AvgIpc) is 3.27. The lowest BCUT2D eigenvalue weighted by atomic mass is 10.2. The van der Waals surface area contributed by atoms with Gasteiger partial charge in [0.2, 0.25) is 0 Å². The summed E-state index contributed by atoms with van der Waals surface area (Å²) in [5.74, 6) is 0.133. The molecular weight excluding hydrogens is 462 g/mol. The van der Waals surface area contributed by atoms with Crippen molar-refractivity contribution in [2.45, 2.75) is 17.4 Å². The second kappa shape index (κ2) is 9.72. The smallest absolute Gasteiger partial charge is 0.262 e. The van der Waals surface area contributed by atoms with Crippen molar-refractivity contribution < 1.29 is 17.9 Å². The lowest BCUT2D eigenvalue weighted by Gasteiger charge is -2.18. The number of amides is 1. The van der Waals surface area contributed by atoms with Crippen LogP contribution in [-0.2, 0) is 10.0 Å². The van der Waals surface area contributed by atoms with E-state index in [1.807, 2.05) is 30.3 Å². The van der Waals surface area contributed by atoms with Crippen LogP contribution in [0.3, 0.4) is 0 Å². The minimum Gasteiger partial charge on any atom is -0.495 e. The van der Waals surface area contributed by atoms with E-state index in [1.165, 1.54) is 25.3 Å². The molecule has 1 unspecified atom stereocenters. The first-order valence-electron chi connectivity index (χ1n) is 10.4. The molecule has 3 aromatic rings. The summed E-state index contributed by atoms with van der Waals surface area (Å²) in [6.07, 6.45) is 0.814. The zero-order valence-electron chi connectivity index (χ0n) is 18.0. The molecular formula is C24H24ClN3O4S. The molecule has 1 heterocycles. The van der Waals surface area contributed by atoms with Gasteiger partial charge in [0.1, 0.15) is 5.75 Å². The molecule has 3 aromatic carbocycles. The van der Waals surface area contributed by atoms with E-state index in [9.17, 15) is 13.2 Å². The Bertz CT molecular complexity index is 1250. The molecule has 1 amide bonds. The largest absolute Gasteiger partial charge is 0.495 e. The fourth-order valence-electron chi connectivity index (χ4n) is 3.78. The quantitative estimate of drug-likeness (QED) is 0.515. The Morgan fingerprint density at radius 2 is 1.85 bits per heavy atom. The number of nitrogens with zero attached hydrogens (tertiary/aromatic N) is 1. The zero-order chi connectivity index (χ0) is 23.4. The van der Waals surface area contributed by atoms with Crippen LogP contribution in [0.1, 0.15) is 16.8 Å². The third-order valence-corrected chi connectivity index (χ3v) is 7.02. The number of ether oxygens (including phenoxy) is 1. The van der Waals surface area contributed by atoms with Gasteiger partial charge in [0.05, 0.1) is 17.7 Å². The summed E-state index contributed by atoms with van der Waals surface area (Å²) in [7, 11) is -2.52. The highest BCUT2D eigenvalue weighted by molar-refractivity contribution is 7.92. The summed E-state index contributed by atoms with van der Waals surface area (Å²) in [5, 5.41) is 3.80. The van der Waals surface area contributed by atoms with Gasteiger partial charge in [0, 0.05) is 35.4 Å². The van der Waals surface area contributed by atoms with Crippen LogP contribution < -0.4 is 14.8 Å². The lowest BCUT2D eigenvalue weighted by Crippen LogP contribution is -2.31. The SMILES string of the molecule is COc1ccc(Cl)cc1NS(=O)(=O)c1cccc(C(=O)N2CCC(Nc3ccccc3)C2)c1. The molecule has 1 aliphatic heterocycles. The van der Waals surface area contributed by atoms with Gasteiger partial charge in [-0.1, -0.05) is 35.9 Å². The molecule has 7 nitrogen and oxygen atoms in total. The van der Waals surface area contributed by atoms with Gasteiger partial charge in [-0.25, -0.2) is 8.42 Å². The van der Waals surface area contributed by atoms with E-state index in [-0.39, 0.29) is 22.5 Å². The topological polar surface area (TPSA) is 87.7 Å². The van der Waals surface area contributed by atoms with Crippen molar-refractivity contribution in [3.05, 3.63) is 83.4 Å². The molecule has 0 spiro atoms. The number of hydrogen-bond acceptors (Lipinski definition) is 5. The van der Waals surface area contributed by atoms with Crippen molar-refractivity contribution in [3.8, 4) is 5.75 Å². The maximum atomic E-state index is 13.1. The summed E-state index contributed by atoms with van der Waals surface area (Å²) >= 11 is 6.01. The van der Waals surface area contributed by atoms with Crippen LogP contribution in [0.2, 0.25) is 5.02 Å². The molecule has 0 radical (unpaired) electrons. The number of carbonyl (C=O) groups is 1. The monoisotopic (exact) mass is 485 g/mol. The number of sulfonamides is 1. The maximum Gasteiger partial charge on any atom is 0.262 e. The Morgan fingerprint density at radius 3 is 2.61 bits per heavy atom. The molecule has 0 aromatic heterocycles. The number of para-hydroxylation sites is 1. The highest BCUT2D eigenvalue weighted by atomic mass is 35.5. The van der Waals surface area contributed by atoms with Gasteiger partial charge in [-0.15, -0.1) is 0 Å². The Morgan fingerprint density at radius 1 is 1.06 bits per heavy atom. The number of methoxy groups -OCH3 is 1. The summed E-state index contributed by atoms with van der Waals surface area (Å²) in [6.45, 7) is 1.14. The van der Waals surface area contributed by atoms with Crippen LogP contribution in [0, 0.1) is 0 Å². The van der Waals surface area contributed by atoms with Crippen LogP contribution in [0.5, 0.6) is 5.75 Å². The molecule has 1 aliphatic rings. The maximum absolute atomic E-state index is 13.1. The van der Waals surface area contributed by atoms with Gasteiger partial charge in [0.25, 0.3) is 15.9 Å². The molecule has 33 heavy (non-hydrogen) atoms. The fourth-order valence-corrected chi connectivity index (χ4v) is 5.05. The minimum atomic E-state index is -3.97. The van der Waals surface area contributed by atoms with Gasteiger partial charge < -0.3 is 15.0 Å². The normalized spacial score (nSPS) is 15.8. The molecule has 172 valence electrons. The molecule has 0 saturated carbocycles. The number of anilines is 2. The first-order chi connectivity index (χ1) is 15.9. The summed E-state index contributed by atoms with van der Waals surface area (Å²) < 4.78 is 33.7.